The van der Waals surface area contributed by atoms with Crippen LogP contribution in [-0.4, -0.2) is 38.8 Å². The summed E-state index contributed by atoms with van der Waals surface area (Å²) in [6, 6.07) is 6.83. The second-order valence-corrected chi connectivity index (χ2v) is 5.58. The molecule has 0 aliphatic heterocycles. The average Bonchev–Trinajstić information content (AvgIpc) is 2.68. The van der Waals surface area contributed by atoms with Crippen molar-refractivity contribution in [2.45, 2.75) is 19.8 Å². The van der Waals surface area contributed by atoms with Gasteiger partial charge in [-0.25, -0.2) is 4.98 Å². The number of ether oxygens (including phenoxy) is 3. The van der Waals surface area contributed by atoms with Crippen molar-refractivity contribution in [1.82, 2.24) is 4.98 Å². The van der Waals surface area contributed by atoms with Gasteiger partial charge in [0, 0.05) is 12.1 Å². The van der Waals surface area contributed by atoms with Crippen LogP contribution in [0.5, 0.6) is 17.2 Å². The first-order valence-electron chi connectivity index (χ1n) is 8.44. The van der Waals surface area contributed by atoms with Gasteiger partial charge in [-0.3, -0.25) is 4.79 Å². The number of nitrogens with zero attached hydrogens (tertiary/aromatic N) is 1. The molecule has 0 atom stereocenters. The van der Waals surface area contributed by atoms with E-state index in [0.29, 0.717) is 28.6 Å². The molecule has 1 amide bonds. The maximum atomic E-state index is 12.5. The van der Waals surface area contributed by atoms with Crippen LogP contribution in [0.1, 0.15) is 30.1 Å². The van der Waals surface area contributed by atoms with Gasteiger partial charge in [0.2, 0.25) is 5.75 Å². The number of benzene rings is 1. The highest BCUT2D eigenvalue weighted by Crippen LogP contribution is 2.38. The van der Waals surface area contributed by atoms with E-state index in [0.717, 1.165) is 25.1 Å². The summed E-state index contributed by atoms with van der Waals surface area (Å²) < 4.78 is 15.8. The van der Waals surface area contributed by atoms with Gasteiger partial charge in [-0.05, 0) is 30.7 Å². The van der Waals surface area contributed by atoms with Crippen LogP contribution in [0.15, 0.2) is 30.5 Å². The van der Waals surface area contributed by atoms with Crippen molar-refractivity contribution >= 4 is 17.4 Å². The van der Waals surface area contributed by atoms with Crippen LogP contribution in [-0.2, 0) is 0 Å². The van der Waals surface area contributed by atoms with Crippen LogP contribution < -0.4 is 24.8 Å². The molecule has 0 unspecified atom stereocenters. The van der Waals surface area contributed by atoms with E-state index >= 15 is 0 Å². The highest BCUT2D eigenvalue weighted by Gasteiger charge is 2.17. The summed E-state index contributed by atoms with van der Waals surface area (Å²) in [7, 11) is 4.52. The summed E-state index contributed by atoms with van der Waals surface area (Å²) in [5.74, 6) is 1.42. The molecule has 1 aromatic carbocycles. The second kappa shape index (κ2) is 9.50. The first kappa shape index (κ1) is 19.4. The van der Waals surface area contributed by atoms with Crippen LogP contribution in [0.2, 0.25) is 0 Å². The molecular formula is C19H25N3O4. The molecule has 2 aromatic rings. The molecule has 7 nitrogen and oxygen atoms in total. The number of carbonyl (C=O) groups is 1. The summed E-state index contributed by atoms with van der Waals surface area (Å²) in [6.07, 6.45) is 3.92. The first-order valence-corrected chi connectivity index (χ1v) is 8.44. The minimum absolute atomic E-state index is 0.316. The van der Waals surface area contributed by atoms with Crippen molar-refractivity contribution in [3.05, 3.63) is 36.0 Å². The van der Waals surface area contributed by atoms with Gasteiger partial charge >= 0.3 is 0 Å². The molecule has 0 radical (unpaired) electrons. The molecular weight excluding hydrogens is 334 g/mol. The summed E-state index contributed by atoms with van der Waals surface area (Å²) in [6.45, 7) is 3.04. The molecule has 2 N–H and O–H groups in total. The monoisotopic (exact) mass is 359 g/mol. The number of pyridine rings is 1. The number of amides is 1. The predicted molar refractivity (Wildman–Crippen MR) is 102 cm³/mol. The van der Waals surface area contributed by atoms with Crippen molar-refractivity contribution < 1.29 is 19.0 Å². The van der Waals surface area contributed by atoms with Gasteiger partial charge in [0.25, 0.3) is 5.91 Å². The average molecular weight is 359 g/mol. The molecule has 0 spiro atoms. The van der Waals surface area contributed by atoms with Gasteiger partial charge in [-0.1, -0.05) is 13.3 Å². The fraction of sp³-hybridized carbons (Fsp3) is 0.368. The van der Waals surface area contributed by atoms with E-state index in [9.17, 15) is 4.79 Å². The normalized spacial score (nSPS) is 10.2. The van der Waals surface area contributed by atoms with Gasteiger partial charge in [-0.2, -0.15) is 0 Å². The van der Waals surface area contributed by atoms with Crippen LogP contribution in [0, 0.1) is 0 Å². The fourth-order valence-corrected chi connectivity index (χ4v) is 2.38. The van der Waals surface area contributed by atoms with E-state index in [2.05, 4.69) is 22.5 Å². The van der Waals surface area contributed by atoms with E-state index in [-0.39, 0.29) is 5.91 Å². The highest BCUT2D eigenvalue weighted by molar-refractivity contribution is 6.04. The Morgan fingerprint density at radius 1 is 1.08 bits per heavy atom. The Morgan fingerprint density at radius 3 is 2.27 bits per heavy atom. The lowest BCUT2D eigenvalue weighted by Crippen LogP contribution is -2.13. The Hall–Kier alpha value is -2.96. The van der Waals surface area contributed by atoms with Crippen molar-refractivity contribution in [1.29, 1.82) is 0 Å². The minimum Gasteiger partial charge on any atom is -0.493 e. The number of aromatic nitrogens is 1. The number of nitrogens with one attached hydrogen (secondary N) is 2. The molecule has 26 heavy (non-hydrogen) atoms. The molecule has 1 heterocycles. The molecule has 0 saturated heterocycles. The SMILES string of the molecule is CCCCNc1ccc(NC(=O)c2cc(OC)c(OC)c(OC)c2)nc1. The van der Waals surface area contributed by atoms with Gasteiger partial charge in [-0.15, -0.1) is 0 Å². The van der Waals surface area contributed by atoms with E-state index in [1.54, 1.807) is 24.4 Å². The molecule has 0 fully saturated rings. The number of rotatable bonds is 9. The number of hydrogen-bond donors (Lipinski definition) is 2. The third-order valence-electron chi connectivity index (χ3n) is 3.79. The Kier molecular flexibility index (Phi) is 7.08. The molecule has 2 rings (SSSR count). The van der Waals surface area contributed by atoms with Crippen molar-refractivity contribution in [2.75, 3.05) is 38.5 Å². The molecule has 0 saturated carbocycles. The Morgan fingerprint density at radius 2 is 1.77 bits per heavy atom. The van der Waals surface area contributed by atoms with E-state index < -0.39 is 0 Å². The zero-order valence-electron chi connectivity index (χ0n) is 15.6. The largest absolute Gasteiger partial charge is 0.493 e. The number of methoxy groups -OCH3 is 3. The Labute approximate surface area is 153 Å². The van der Waals surface area contributed by atoms with Crippen molar-refractivity contribution in [2.24, 2.45) is 0 Å². The van der Waals surface area contributed by atoms with Crippen molar-refractivity contribution in [3.8, 4) is 17.2 Å². The van der Waals surface area contributed by atoms with Crippen LogP contribution >= 0.6 is 0 Å². The number of carbonyl (C=O) groups excluding carboxylic acids is 1. The standard InChI is InChI=1S/C19H25N3O4/c1-5-6-9-20-14-7-8-17(21-12-14)22-19(23)13-10-15(24-2)18(26-4)16(11-13)25-3/h7-8,10-12,20H,5-6,9H2,1-4H3,(H,21,22,23). The topological polar surface area (TPSA) is 81.7 Å². The van der Waals surface area contributed by atoms with Crippen LogP contribution in [0.4, 0.5) is 11.5 Å². The number of unbranched alkanes of at least 4 members (excludes halogenated alkanes) is 1. The third kappa shape index (κ3) is 4.78. The molecule has 0 aliphatic carbocycles. The number of anilines is 2. The third-order valence-corrected chi connectivity index (χ3v) is 3.79. The highest BCUT2D eigenvalue weighted by atomic mass is 16.5. The van der Waals surface area contributed by atoms with E-state index in [1.807, 2.05) is 6.07 Å². The van der Waals surface area contributed by atoms with E-state index in [4.69, 9.17) is 14.2 Å². The molecule has 0 aliphatic rings. The molecule has 0 bridgehead atoms. The van der Waals surface area contributed by atoms with Gasteiger partial charge < -0.3 is 24.8 Å². The van der Waals surface area contributed by atoms with Gasteiger partial charge in [0.15, 0.2) is 11.5 Å². The maximum absolute atomic E-state index is 12.5. The lowest BCUT2D eigenvalue weighted by Gasteiger charge is -2.14. The quantitative estimate of drug-likeness (QED) is 0.666. The Bertz CT molecular complexity index is 707. The summed E-state index contributed by atoms with van der Waals surface area (Å²) in [4.78, 5) is 16.8. The zero-order valence-corrected chi connectivity index (χ0v) is 15.6. The zero-order chi connectivity index (χ0) is 18.9. The molecule has 1 aromatic heterocycles. The minimum atomic E-state index is -0.316. The second-order valence-electron chi connectivity index (χ2n) is 5.58. The Balaban J connectivity index is 2.12. The van der Waals surface area contributed by atoms with Gasteiger partial charge in [0.05, 0.1) is 33.2 Å². The van der Waals surface area contributed by atoms with Crippen LogP contribution in [0.25, 0.3) is 0 Å². The lowest BCUT2D eigenvalue weighted by atomic mass is 10.1. The predicted octanol–water partition coefficient (Wildman–Crippen LogP) is 3.57. The van der Waals surface area contributed by atoms with Gasteiger partial charge in [0.1, 0.15) is 5.82 Å². The molecule has 140 valence electrons. The molecule has 7 heteroatoms. The van der Waals surface area contributed by atoms with Crippen LogP contribution in [0.3, 0.4) is 0 Å². The summed E-state index contributed by atoms with van der Waals surface area (Å²) >= 11 is 0. The fourth-order valence-electron chi connectivity index (χ4n) is 2.38. The maximum Gasteiger partial charge on any atom is 0.257 e. The van der Waals surface area contributed by atoms with Crippen molar-refractivity contribution in [3.63, 3.8) is 0 Å². The summed E-state index contributed by atoms with van der Waals surface area (Å²) in [5.41, 5.74) is 1.30. The number of hydrogen-bond acceptors (Lipinski definition) is 6. The first-order chi connectivity index (χ1) is 12.6. The smallest absolute Gasteiger partial charge is 0.257 e. The summed E-state index contributed by atoms with van der Waals surface area (Å²) in [5, 5.41) is 6.04. The van der Waals surface area contributed by atoms with E-state index in [1.165, 1.54) is 21.3 Å². The lowest BCUT2D eigenvalue weighted by molar-refractivity contribution is 0.102.